The summed E-state index contributed by atoms with van der Waals surface area (Å²) in [6.07, 6.45) is -9.35. The second-order valence-electron chi connectivity index (χ2n) is 7.36. The highest BCUT2D eigenvalue weighted by Crippen LogP contribution is 2.39. The van der Waals surface area contributed by atoms with Crippen LogP contribution in [0.3, 0.4) is 0 Å². The smallest absolute Gasteiger partial charge is 0.186 e. The first kappa shape index (κ1) is 25.5. The lowest BCUT2D eigenvalue weighted by Crippen LogP contribution is -2.61. The Morgan fingerprint density at radius 2 is 1.50 bits per heavy atom. The van der Waals surface area contributed by atoms with Crippen molar-refractivity contribution in [1.82, 2.24) is 4.98 Å². The first-order valence-electron chi connectivity index (χ1n) is 9.95. The van der Waals surface area contributed by atoms with E-state index in [-0.39, 0.29) is 10.8 Å². The number of thioether (sulfide) groups is 1. The zero-order chi connectivity index (χ0) is 23.4. The van der Waals surface area contributed by atoms with Gasteiger partial charge in [-0.15, -0.1) is 0 Å². The highest BCUT2D eigenvalue weighted by Gasteiger charge is 2.47. The van der Waals surface area contributed by atoms with Gasteiger partial charge in [0.1, 0.15) is 29.4 Å². The molecule has 0 radical (unpaired) electrons. The van der Waals surface area contributed by atoms with Crippen molar-refractivity contribution in [2.45, 2.75) is 65.6 Å². The molecule has 2 aliphatic heterocycles. The molecule has 10 atom stereocenters. The Morgan fingerprint density at radius 3 is 2.09 bits per heavy atom. The highest BCUT2D eigenvalue weighted by molar-refractivity contribution is 8.00. The third-order valence-electron chi connectivity index (χ3n) is 5.35. The minimum atomic E-state index is -1.44. The number of rotatable bonds is 8. The minimum Gasteiger partial charge on any atom is -0.482 e. The maximum Gasteiger partial charge on any atom is 0.186 e. The first-order chi connectivity index (χ1) is 15.4. The van der Waals surface area contributed by atoms with Gasteiger partial charge in [0.15, 0.2) is 24.4 Å². The summed E-state index contributed by atoms with van der Waals surface area (Å²) in [4.78, 5) is 4.24. The van der Waals surface area contributed by atoms with Crippen molar-refractivity contribution in [2.24, 2.45) is 0 Å². The number of pyridine rings is 1. The molecule has 3 rings (SSSR count). The summed E-state index contributed by atoms with van der Waals surface area (Å²) in [6, 6.07) is 3.12. The van der Waals surface area contributed by atoms with Gasteiger partial charge >= 0.3 is 0 Å². The Morgan fingerprint density at radius 1 is 0.906 bits per heavy atom. The molecule has 0 saturated carbocycles. The number of methoxy groups -OCH3 is 2. The molecule has 2 fully saturated rings. The Hall–Kier alpha value is -1.10. The maximum atomic E-state index is 10.6. The second kappa shape index (κ2) is 11.4. The number of ether oxygens (including phenoxy) is 5. The van der Waals surface area contributed by atoms with Crippen LogP contribution >= 0.6 is 11.8 Å². The van der Waals surface area contributed by atoms with Crippen LogP contribution < -0.4 is 4.74 Å². The number of hydrogen-bond acceptors (Lipinski definition) is 13. The molecule has 1 aromatic rings. The molecule has 0 aliphatic carbocycles. The Bertz CT molecular complexity index is 667. The molecule has 0 amide bonds. The minimum absolute atomic E-state index is 0.166. The fraction of sp³-hybridized carbons (Fsp3) is 0.737. The van der Waals surface area contributed by atoms with Crippen molar-refractivity contribution in [3.8, 4) is 5.75 Å². The third-order valence-corrected chi connectivity index (χ3v) is 6.74. The van der Waals surface area contributed by atoms with Crippen molar-refractivity contribution in [2.75, 3.05) is 27.4 Å². The van der Waals surface area contributed by atoms with Gasteiger partial charge in [0.25, 0.3) is 0 Å². The third kappa shape index (κ3) is 5.18. The zero-order valence-electron chi connectivity index (χ0n) is 17.5. The van der Waals surface area contributed by atoms with Gasteiger partial charge in [0.2, 0.25) is 0 Å². The largest absolute Gasteiger partial charge is 0.482 e. The quantitative estimate of drug-likeness (QED) is 0.230. The average Bonchev–Trinajstić information content (AvgIpc) is 2.81. The highest BCUT2D eigenvalue weighted by atomic mass is 32.2. The van der Waals surface area contributed by atoms with Crippen molar-refractivity contribution in [1.29, 1.82) is 0 Å². The van der Waals surface area contributed by atoms with Crippen molar-refractivity contribution in [3.05, 3.63) is 18.3 Å². The lowest BCUT2D eigenvalue weighted by Gasteiger charge is -2.42. The first-order valence-corrected chi connectivity index (χ1v) is 10.8. The van der Waals surface area contributed by atoms with E-state index in [1.54, 1.807) is 12.1 Å². The van der Waals surface area contributed by atoms with Gasteiger partial charge in [-0.05, 0) is 12.1 Å². The molecule has 2 aliphatic rings. The van der Waals surface area contributed by atoms with E-state index in [0.29, 0.717) is 0 Å². The molecule has 182 valence electrons. The van der Waals surface area contributed by atoms with Crippen LogP contribution in [0.2, 0.25) is 0 Å². The van der Waals surface area contributed by atoms with Crippen LogP contribution in [0.5, 0.6) is 5.75 Å². The molecule has 3 heterocycles. The van der Waals surface area contributed by atoms with E-state index in [1.165, 1.54) is 20.4 Å². The SMILES string of the molecule is CO[C@@H]1O[C@@H](CO)[C@@H](Oc2cccnc2S[C@H]2[C@H](O)[C@H](O)[C@H](OC)O[C@H]2CO)[C@H](O)[C@@H]1O. The molecule has 0 unspecified atom stereocenters. The monoisotopic (exact) mass is 479 g/mol. The zero-order valence-corrected chi connectivity index (χ0v) is 18.3. The normalized spacial score (nSPS) is 40.2. The predicted octanol–water partition coefficient (Wildman–Crippen LogP) is -2.54. The van der Waals surface area contributed by atoms with Crippen LogP contribution in [0.1, 0.15) is 0 Å². The number of aromatic nitrogens is 1. The molecule has 12 nitrogen and oxygen atoms in total. The number of aliphatic hydroxyl groups excluding tert-OH is 6. The Labute approximate surface area is 188 Å². The van der Waals surface area contributed by atoms with Crippen molar-refractivity contribution >= 4 is 11.8 Å². The molecular formula is C19H29NO11S. The summed E-state index contributed by atoms with van der Waals surface area (Å²) in [5.41, 5.74) is 0. The molecule has 2 saturated heterocycles. The number of aliphatic hydroxyl groups is 6. The van der Waals surface area contributed by atoms with Gasteiger partial charge in [0, 0.05) is 20.4 Å². The maximum absolute atomic E-state index is 10.6. The van der Waals surface area contributed by atoms with Crippen LogP contribution in [-0.2, 0) is 18.9 Å². The average molecular weight is 480 g/mol. The summed E-state index contributed by atoms with van der Waals surface area (Å²) in [5, 5.41) is 60.4. The summed E-state index contributed by atoms with van der Waals surface area (Å²) in [7, 11) is 2.61. The Kier molecular flexibility index (Phi) is 9.05. The van der Waals surface area contributed by atoms with Crippen LogP contribution in [-0.4, -0.2) is 124 Å². The Balaban J connectivity index is 1.81. The van der Waals surface area contributed by atoms with E-state index < -0.39 is 73.8 Å². The van der Waals surface area contributed by atoms with Gasteiger partial charge in [-0.25, -0.2) is 4.98 Å². The molecule has 1 aromatic heterocycles. The van der Waals surface area contributed by atoms with Gasteiger partial charge < -0.3 is 54.3 Å². The van der Waals surface area contributed by atoms with E-state index in [2.05, 4.69) is 4.98 Å². The van der Waals surface area contributed by atoms with E-state index in [1.807, 2.05) is 0 Å². The van der Waals surface area contributed by atoms with Gasteiger partial charge in [-0.1, -0.05) is 11.8 Å². The fourth-order valence-corrected chi connectivity index (χ4v) is 4.83. The molecule has 0 spiro atoms. The summed E-state index contributed by atoms with van der Waals surface area (Å²) in [6.45, 7) is -0.958. The standard InChI is InChI=1S/C19H29NO11S/c1-27-18-13(25)11(23)15(9(6-21)30-18)29-8-4-3-5-20-17(8)32-16-10(7-22)31-19(28-2)14(26)12(16)24/h3-5,9-16,18-19,21-26H,6-7H2,1-2H3/t9-,10-,11+,12+,13-,14-,15+,16+,18+,19+/m0/s1. The van der Waals surface area contributed by atoms with Crippen LogP contribution in [0.15, 0.2) is 23.4 Å². The predicted molar refractivity (Wildman–Crippen MR) is 108 cm³/mol. The molecular weight excluding hydrogens is 450 g/mol. The summed E-state index contributed by atoms with van der Waals surface area (Å²) in [5.74, 6) is 0.166. The summed E-state index contributed by atoms with van der Waals surface area (Å²) < 4.78 is 26.8. The van der Waals surface area contributed by atoms with Crippen molar-refractivity contribution < 1.29 is 54.3 Å². The van der Waals surface area contributed by atoms with Crippen LogP contribution in [0.25, 0.3) is 0 Å². The van der Waals surface area contributed by atoms with Gasteiger partial charge in [-0.2, -0.15) is 0 Å². The molecule has 6 N–H and O–H groups in total. The van der Waals surface area contributed by atoms with E-state index >= 15 is 0 Å². The lowest BCUT2D eigenvalue weighted by atomic mass is 9.99. The topological polar surface area (TPSA) is 180 Å². The van der Waals surface area contributed by atoms with E-state index in [0.717, 1.165) is 11.8 Å². The van der Waals surface area contributed by atoms with Gasteiger partial charge in [-0.3, -0.25) is 0 Å². The van der Waals surface area contributed by atoms with Crippen LogP contribution in [0, 0.1) is 0 Å². The van der Waals surface area contributed by atoms with E-state index in [4.69, 9.17) is 23.7 Å². The molecule has 0 aromatic carbocycles. The molecule has 32 heavy (non-hydrogen) atoms. The lowest BCUT2D eigenvalue weighted by molar-refractivity contribution is -0.290. The molecule has 13 heteroatoms. The number of hydrogen-bond donors (Lipinski definition) is 6. The summed E-state index contributed by atoms with van der Waals surface area (Å²) >= 11 is 0.994. The van der Waals surface area contributed by atoms with Crippen molar-refractivity contribution in [3.63, 3.8) is 0 Å². The second-order valence-corrected chi connectivity index (χ2v) is 8.52. The fourth-order valence-electron chi connectivity index (χ4n) is 3.62. The van der Waals surface area contributed by atoms with Gasteiger partial charge in [0.05, 0.1) is 30.7 Å². The van der Waals surface area contributed by atoms with E-state index in [9.17, 15) is 30.6 Å². The number of nitrogens with zero attached hydrogens (tertiary/aromatic N) is 1. The van der Waals surface area contributed by atoms with Crippen LogP contribution in [0.4, 0.5) is 0 Å². The molecule has 0 bridgehead atoms.